The Bertz CT molecular complexity index is 1050. The molecule has 2 rings (SSSR count). The van der Waals surface area contributed by atoms with Crippen molar-refractivity contribution < 1.29 is 18.0 Å². The van der Waals surface area contributed by atoms with Crippen LogP contribution >= 0.6 is 0 Å². The quantitative estimate of drug-likeness (QED) is 0.516. The summed E-state index contributed by atoms with van der Waals surface area (Å²) in [6.45, 7) is 12.4. The van der Waals surface area contributed by atoms with Crippen LogP contribution in [0, 0.1) is 17.8 Å². The van der Waals surface area contributed by atoms with Crippen LogP contribution in [-0.2, 0) is 14.8 Å². The summed E-state index contributed by atoms with van der Waals surface area (Å²) in [5.41, 5.74) is 1.40. The molecule has 2 aromatic carbocycles. The van der Waals surface area contributed by atoms with Crippen molar-refractivity contribution in [3.63, 3.8) is 0 Å². The van der Waals surface area contributed by atoms with E-state index < -0.39 is 10.0 Å². The third-order valence-electron chi connectivity index (χ3n) is 4.80. The van der Waals surface area contributed by atoms with Crippen molar-refractivity contribution in [1.82, 2.24) is 4.31 Å². The van der Waals surface area contributed by atoms with Crippen LogP contribution in [0.3, 0.4) is 0 Å². The van der Waals surface area contributed by atoms with E-state index in [1.165, 1.54) is 16.4 Å². The number of amides is 2. The third kappa shape index (κ3) is 7.68. The van der Waals surface area contributed by atoms with Gasteiger partial charge >= 0.3 is 0 Å². The minimum Gasteiger partial charge on any atom is -0.326 e. The molecular formula is C25H35N3O4S. The van der Waals surface area contributed by atoms with E-state index in [9.17, 15) is 18.0 Å². The Morgan fingerprint density at radius 1 is 0.818 bits per heavy atom. The van der Waals surface area contributed by atoms with Gasteiger partial charge in [-0.05, 0) is 54.3 Å². The molecule has 0 unspecified atom stereocenters. The molecule has 0 spiro atoms. The molecule has 0 radical (unpaired) electrons. The van der Waals surface area contributed by atoms with Crippen molar-refractivity contribution in [2.45, 2.75) is 46.4 Å². The number of anilines is 2. The first kappa shape index (κ1) is 26.5. The molecule has 0 heterocycles. The number of carbonyl (C=O) groups is 2. The Labute approximate surface area is 197 Å². The highest BCUT2D eigenvalue weighted by molar-refractivity contribution is 7.89. The summed E-state index contributed by atoms with van der Waals surface area (Å²) in [6.07, 6.45) is 0. The number of benzene rings is 2. The maximum Gasteiger partial charge on any atom is 0.255 e. The van der Waals surface area contributed by atoms with Gasteiger partial charge in [-0.2, -0.15) is 4.31 Å². The highest BCUT2D eigenvalue weighted by Crippen LogP contribution is 2.21. The van der Waals surface area contributed by atoms with Crippen LogP contribution in [0.15, 0.2) is 53.4 Å². The minimum atomic E-state index is -3.63. The van der Waals surface area contributed by atoms with E-state index in [4.69, 9.17) is 0 Å². The van der Waals surface area contributed by atoms with Gasteiger partial charge in [-0.15, -0.1) is 0 Å². The number of nitrogens with one attached hydrogen (secondary N) is 2. The summed E-state index contributed by atoms with van der Waals surface area (Å²) in [5, 5.41) is 5.55. The molecule has 0 fully saturated rings. The Morgan fingerprint density at radius 3 is 1.91 bits per heavy atom. The molecule has 33 heavy (non-hydrogen) atoms. The Balaban J connectivity index is 2.15. The lowest BCUT2D eigenvalue weighted by molar-refractivity contribution is -0.118. The van der Waals surface area contributed by atoms with Gasteiger partial charge in [0.2, 0.25) is 15.9 Å². The SMILES string of the molecule is CC(C)CN(CC(C)C)S(=O)(=O)c1ccc(NC(=O)c2cccc(NC(=O)C(C)C)c2)cc1. The zero-order valence-corrected chi connectivity index (χ0v) is 21.1. The molecule has 0 aliphatic rings. The van der Waals surface area contributed by atoms with E-state index in [1.807, 2.05) is 27.7 Å². The topological polar surface area (TPSA) is 95.6 Å². The second kappa shape index (κ2) is 11.4. The summed E-state index contributed by atoms with van der Waals surface area (Å²) in [6, 6.07) is 12.8. The monoisotopic (exact) mass is 473 g/mol. The molecule has 0 aromatic heterocycles. The molecule has 0 aliphatic carbocycles. The van der Waals surface area contributed by atoms with Crippen molar-refractivity contribution in [2.24, 2.45) is 17.8 Å². The van der Waals surface area contributed by atoms with Crippen LogP contribution in [0.25, 0.3) is 0 Å². The Kier molecular flexibility index (Phi) is 9.19. The third-order valence-corrected chi connectivity index (χ3v) is 6.65. The molecule has 0 saturated heterocycles. The van der Waals surface area contributed by atoms with E-state index in [0.29, 0.717) is 30.0 Å². The molecule has 0 atom stereocenters. The zero-order valence-electron chi connectivity index (χ0n) is 20.3. The van der Waals surface area contributed by atoms with Crippen LogP contribution < -0.4 is 10.6 Å². The molecule has 2 amide bonds. The van der Waals surface area contributed by atoms with E-state index in [2.05, 4.69) is 10.6 Å². The Morgan fingerprint density at radius 2 is 1.39 bits per heavy atom. The van der Waals surface area contributed by atoms with Crippen LogP contribution in [0.1, 0.15) is 51.9 Å². The summed E-state index contributed by atoms with van der Waals surface area (Å²) < 4.78 is 27.8. The molecule has 7 nitrogen and oxygen atoms in total. The molecule has 2 N–H and O–H groups in total. The molecule has 0 saturated carbocycles. The maximum absolute atomic E-state index is 13.1. The second-order valence-electron chi connectivity index (χ2n) is 9.31. The zero-order chi connectivity index (χ0) is 24.8. The first-order valence-electron chi connectivity index (χ1n) is 11.2. The van der Waals surface area contributed by atoms with Crippen molar-refractivity contribution in [2.75, 3.05) is 23.7 Å². The molecule has 2 aromatic rings. The number of nitrogens with zero attached hydrogens (tertiary/aromatic N) is 1. The fourth-order valence-corrected chi connectivity index (χ4v) is 4.94. The van der Waals surface area contributed by atoms with Gasteiger partial charge in [0, 0.05) is 35.9 Å². The summed E-state index contributed by atoms with van der Waals surface area (Å²) >= 11 is 0. The van der Waals surface area contributed by atoms with Gasteiger partial charge in [0.25, 0.3) is 5.91 Å². The van der Waals surface area contributed by atoms with Gasteiger partial charge in [0.1, 0.15) is 0 Å². The van der Waals surface area contributed by atoms with Crippen molar-refractivity contribution in [1.29, 1.82) is 0 Å². The molecule has 0 bridgehead atoms. The Hall–Kier alpha value is -2.71. The van der Waals surface area contributed by atoms with Crippen molar-refractivity contribution in [3.8, 4) is 0 Å². The van der Waals surface area contributed by atoms with Crippen LogP contribution in [0.4, 0.5) is 11.4 Å². The van der Waals surface area contributed by atoms with Crippen molar-refractivity contribution in [3.05, 3.63) is 54.1 Å². The van der Waals surface area contributed by atoms with Crippen molar-refractivity contribution >= 4 is 33.2 Å². The van der Waals surface area contributed by atoms with Gasteiger partial charge in [-0.1, -0.05) is 47.6 Å². The number of carbonyl (C=O) groups excluding carboxylic acids is 2. The summed E-state index contributed by atoms with van der Waals surface area (Å²) in [4.78, 5) is 24.8. The lowest BCUT2D eigenvalue weighted by Gasteiger charge is -2.25. The van der Waals surface area contributed by atoms with Gasteiger partial charge < -0.3 is 10.6 Å². The molecular weight excluding hydrogens is 438 g/mol. The standard InChI is InChI=1S/C25H35N3O4S/c1-17(2)15-28(16-18(3)4)33(31,32)23-12-10-21(11-13-23)26-25(30)20-8-7-9-22(14-20)27-24(29)19(5)6/h7-14,17-19H,15-16H2,1-6H3,(H,26,30)(H,27,29). The maximum atomic E-state index is 13.1. The predicted molar refractivity (Wildman–Crippen MR) is 133 cm³/mol. The normalized spacial score (nSPS) is 11.9. The van der Waals surface area contributed by atoms with Gasteiger partial charge in [0.05, 0.1) is 4.90 Å². The highest BCUT2D eigenvalue weighted by atomic mass is 32.2. The van der Waals surface area contributed by atoms with Crippen LogP contribution in [-0.4, -0.2) is 37.6 Å². The number of sulfonamides is 1. The fourth-order valence-electron chi connectivity index (χ4n) is 3.17. The predicted octanol–water partition coefficient (Wildman–Crippen LogP) is 4.84. The molecule has 180 valence electrons. The smallest absolute Gasteiger partial charge is 0.255 e. The average Bonchev–Trinajstić information content (AvgIpc) is 2.73. The number of rotatable bonds is 10. The van der Waals surface area contributed by atoms with E-state index in [0.717, 1.165) is 0 Å². The summed E-state index contributed by atoms with van der Waals surface area (Å²) in [5.74, 6) is -0.244. The fraction of sp³-hybridized carbons (Fsp3) is 0.440. The van der Waals surface area contributed by atoms with E-state index >= 15 is 0 Å². The number of hydrogen-bond acceptors (Lipinski definition) is 4. The lowest BCUT2D eigenvalue weighted by atomic mass is 10.1. The van der Waals surface area contributed by atoms with E-state index in [-0.39, 0.29) is 34.5 Å². The highest BCUT2D eigenvalue weighted by Gasteiger charge is 2.26. The van der Waals surface area contributed by atoms with Crippen LogP contribution in [0.5, 0.6) is 0 Å². The first-order valence-corrected chi connectivity index (χ1v) is 12.7. The van der Waals surface area contributed by atoms with Gasteiger partial charge in [-0.25, -0.2) is 8.42 Å². The van der Waals surface area contributed by atoms with Gasteiger partial charge in [-0.3, -0.25) is 9.59 Å². The molecule has 0 aliphatic heterocycles. The molecule has 8 heteroatoms. The summed E-state index contributed by atoms with van der Waals surface area (Å²) in [7, 11) is -3.63. The lowest BCUT2D eigenvalue weighted by Crippen LogP contribution is -2.37. The van der Waals surface area contributed by atoms with Crippen LogP contribution in [0.2, 0.25) is 0 Å². The second-order valence-corrected chi connectivity index (χ2v) is 11.3. The minimum absolute atomic E-state index is 0.131. The average molecular weight is 474 g/mol. The largest absolute Gasteiger partial charge is 0.326 e. The first-order chi connectivity index (χ1) is 15.4. The van der Waals surface area contributed by atoms with E-state index in [1.54, 1.807) is 50.2 Å². The van der Waals surface area contributed by atoms with Gasteiger partial charge in [0.15, 0.2) is 0 Å². The number of hydrogen-bond donors (Lipinski definition) is 2.